The van der Waals surface area contributed by atoms with E-state index < -0.39 is 0 Å². The molecule has 2 aromatic rings. The van der Waals surface area contributed by atoms with Crippen molar-refractivity contribution in [2.45, 2.75) is 26.2 Å². The van der Waals surface area contributed by atoms with E-state index in [1.807, 2.05) is 18.3 Å². The summed E-state index contributed by atoms with van der Waals surface area (Å²) in [6, 6.07) is 3.94. The number of nitrogens with zero attached hydrogens (tertiary/aromatic N) is 2. The van der Waals surface area contributed by atoms with Crippen LogP contribution in [-0.2, 0) is 6.42 Å². The first-order chi connectivity index (χ1) is 8.24. The number of nitrogens with one attached hydrogen (secondary N) is 1. The Morgan fingerprint density at radius 2 is 2.24 bits per heavy atom. The summed E-state index contributed by atoms with van der Waals surface area (Å²) in [7, 11) is 0. The third-order valence-electron chi connectivity index (χ3n) is 2.81. The normalized spacial score (nSPS) is 11.1. The summed E-state index contributed by atoms with van der Waals surface area (Å²) in [5.74, 6) is 0.425. The van der Waals surface area contributed by atoms with Crippen molar-refractivity contribution in [3.8, 4) is 11.3 Å². The van der Waals surface area contributed by atoms with E-state index in [4.69, 9.17) is 5.73 Å². The summed E-state index contributed by atoms with van der Waals surface area (Å²) >= 11 is 0. The van der Waals surface area contributed by atoms with Gasteiger partial charge in [-0.1, -0.05) is 13.8 Å². The molecule has 2 heterocycles. The molecule has 3 N–H and O–H groups in total. The third-order valence-corrected chi connectivity index (χ3v) is 2.81. The van der Waals surface area contributed by atoms with Crippen molar-refractivity contribution in [1.29, 1.82) is 0 Å². The van der Waals surface area contributed by atoms with Gasteiger partial charge in [0, 0.05) is 29.2 Å². The Hall–Kier alpha value is -1.68. The highest BCUT2D eigenvalue weighted by Crippen LogP contribution is 2.27. The first-order valence-electron chi connectivity index (χ1n) is 5.91. The van der Waals surface area contributed by atoms with Crippen LogP contribution in [0, 0.1) is 0 Å². The highest BCUT2D eigenvalue weighted by atomic mass is 15.1. The first kappa shape index (κ1) is 11.8. The summed E-state index contributed by atoms with van der Waals surface area (Å²) < 4.78 is 0. The minimum atomic E-state index is 0.425. The van der Waals surface area contributed by atoms with Crippen molar-refractivity contribution in [1.82, 2.24) is 15.2 Å². The van der Waals surface area contributed by atoms with Gasteiger partial charge < -0.3 is 5.73 Å². The molecule has 0 saturated carbocycles. The Morgan fingerprint density at radius 1 is 1.41 bits per heavy atom. The van der Waals surface area contributed by atoms with Crippen molar-refractivity contribution in [3.05, 3.63) is 35.8 Å². The number of rotatable bonds is 4. The molecule has 2 rings (SSSR count). The van der Waals surface area contributed by atoms with E-state index in [0.717, 1.165) is 17.7 Å². The van der Waals surface area contributed by atoms with E-state index in [-0.39, 0.29) is 0 Å². The zero-order chi connectivity index (χ0) is 12.3. The van der Waals surface area contributed by atoms with Gasteiger partial charge in [0.05, 0.1) is 5.69 Å². The molecule has 0 radical (unpaired) electrons. The van der Waals surface area contributed by atoms with Crippen LogP contribution >= 0.6 is 0 Å². The monoisotopic (exact) mass is 230 g/mol. The van der Waals surface area contributed by atoms with E-state index >= 15 is 0 Å². The molecule has 0 saturated heterocycles. The van der Waals surface area contributed by atoms with Crippen LogP contribution in [0.25, 0.3) is 11.3 Å². The fourth-order valence-electron chi connectivity index (χ4n) is 2.00. The number of nitrogens with two attached hydrogens (primary N) is 1. The van der Waals surface area contributed by atoms with Crippen LogP contribution < -0.4 is 5.73 Å². The van der Waals surface area contributed by atoms with Crippen molar-refractivity contribution in [2.24, 2.45) is 5.73 Å². The SMILES string of the molecule is CC(C)c1[nH]nc(-c2cccnc2)c1CCN. The predicted octanol–water partition coefficient (Wildman–Crippen LogP) is 2.10. The molecule has 4 nitrogen and oxygen atoms in total. The number of aromatic nitrogens is 3. The summed E-state index contributed by atoms with van der Waals surface area (Å²) in [5, 5.41) is 7.53. The molecule has 0 aliphatic heterocycles. The van der Waals surface area contributed by atoms with Gasteiger partial charge in [-0.3, -0.25) is 10.1 Å². The second-order valence-electron chi connectivity index (χ2n) is 4.40. The molecule has 0 bridgehead atoms. The zero-order valence-corrected chi connectivity index (χ0v) is 10.3. The lowest BCUT2D eigenvalue weighted by molar-refractivity contribution is 0.791. The van der Waals surface area contributed by atoms with E-state index in [9.17, 15) is 0 Å². The number of aromatic amines is 1. The Morgan fingerprint density at radius 3 is 2.82 bits per heavy atom. The van der Waals surface area contributed by atoms with Crippen molar-refractivity contribution in [2.75, 3.05) is 6.54 Å². The molecule has 0 aliphatic rings. The number of H-pyrrole nitrogens is 1. The van der Waals surface area contributed by atoms with Crippen LogP contribution in [0.3, 0.4) is 0 Å². The summed E-state index contributed by atoms with van der Waals surface area (Å²) in [6.45, 7) is 4.94. The maximum absolute atomic E-state index is 5.68. The summed E-state index contributed by atoms with van der Waals surface area (Å²) in [4.78, 5) is 4.13. The van der Waals surface area contributed by atoms with Gasteiger partial charge in [0.1, 0.15) is 0 Å². The molecule has 0 atom stereocenters. The zero-order valence-electron chi connectivity index (χ0n) is 10.3. The molecule has 0 spiro atoms. The van der Waals surface area contributed by atoms with Crippen molar-refractivity contribution < 1.29 is 0 Å². The smallest absolute Gasteiger partial charge is 0.0971 e. The second-order valence-corrected chi connectivity index (χ2v) is 4.40. The van der Waals surface area contributed by atoms with Crippen LogP contribution in [0.2, 0.25) is 0 Å². The van der Waals surface area contributed by atoms with Gasteiger partial charge >= 0.3 is 0 Å². The first-order valence-corrected chi connectivity index (χ1v) is 5.91. The molecule has 0 amide bonds. The van der Waals surface area contributed by atoms with Gasteiger partial charge in [-0.15, -0.1) is 0 Å². The highest BCUT2D eigenvalue weighted by molar-refractivity contribution is 5.63. The van der Waals surface area contributed by atoms with Crippen molar-refractivity contribution in [3.63, 3.8) is 0 Å². The highest BCUT2D eigenvalue weighted by Gasteiger charge is 2.16. The molecule has 0 aliphatic carbocycles. The lowest BCUT2D eigenvalue weighted by Crippen LogP contribution is -2.06. The molecular formula is C13H18N4. The van der Waals surface area contributed by atoms with E-state index in [2.05, 4.69) is 29.0 Å². The van der Waals surface area contributed by atoms with Gasteiger partial charge in [0.15, 0.2) is 0 Å². The van der Waals surface area contributed by atoms with E-state index in [1.165, 1.54) is 11.3 Å². The molecule has 0 fully saturated rings. The Bertz CT molecular complexity index is 473. The van der Waals surface area contributed by atoms with Gasteiger partial charge in [-0.05, 0) is 31.0 Å². The maximum atomic E-state index is 5.68. The largest absolute Gasteiger partial charge is 0.330 e. The van der Waals surface area contributed by atoms with Crippen molar-refractivity contribution >= 4 is 0 Å². The molecule has 2 aromatic heterocycles. The van der Waals surface area contributed by atoms with Crippen LogP contribution in [0.4, 0.5) is 0 Å². The molecule has 4 heteroatoms. The predicted molar refractivity (Wildman–Crippen MR) is 68.7 cm³/mol. The van der Waals surface area contributed by atoms with Crippen LogP contribution in [0.5, 0.6) is 0 Å². The van der Waals surface area contributed by atoms with Gasteiger partial charge in [0.25, 0.3) is 0 Å². The summed E-state index contributed by atoms with van der Waals surface area (Å²) in [5.41, 5.74) is 10.1. The standard InChI is InChI=1S/C13H18N4/c1-9(2)12-11(5-6-14)13(17-16-12)10-4-3-7-15-8-10/h3-4,7-9H,5-6,14H2,1-2H3,(H,16,17). The second kappa shape index (κ2) is 5.10. The molecule has 0 unspecified atom stereocenters. The van der Waals surface area contributed by atoms with Crippen LogP contribution in [-0.4, -0.2) is 21.7 Å². The quantitative estimate of drug-likeness (QED) is 0.845. The number of pyridine rings is 1. The minimum absolute atomic E-state index is 0.425. The minimum Gasteiger partial charge on any atom is -0.330 e. The molecule has 90 valence electrons. The topological polar surface area (TPSA) is 67.6 Å². The molecular weight excluding hydrogens is 212 g/mol. The lowest BCUT2D eigenvalue weighted by atomic mass is 9.99. The molecule has 0 aromatic carbocycles. The average Bonchev–Trinajstić information content (AvgIpc) is 2.75. The Labute approximate surface area is 101 Å². The fraction of sp³-hybridized carbons (Fsp3) is 0.385. The third kappa shape index (κ3) is 2.36. The number of hydrogen-bond donors (Lipinski definition) is 2. The Kier molecular flexibility index (Phi) is 3.54. The summed E-state index contributed by atoms with van der Waals surface area (Å²) in [6.07, 6.45) is 4.44. The maximum Gasteiger partial charge on any atom is 0.0971 e. The molecule has 17 heavy (non-hydrogen) atoms. The lowest BCUT2D eigenvalue weighted by Gasteiger charge is -2.07. The van der Waals surface area contributed by atoms with Crippen LogP contribution in [0.15, 0.2) is 24.5 Å². The van der Waals surface area contributed by atoms with E-state index in [1.54, 1.807) is 6.20 Å². The van der Waals surface area contributed by atoms with Crippen LogP contribution in [0.1, 0.15) is 31.0 Å². The van der Waals surface area contributed by atoms with E-state index in [0.29, 0.717) is 12.5 Å². The number of hydrogen-bond acceptors (Lipinski definition) is 3. The van der Waals surface area contributed by atoms with Gasteiger partial charge in [0.2, 0.25) is 0 Å². The van der Waals surface area contributed by atoms with Gasteiger partial charge in [-0.25, -0.2) is 0 Å². The fourth-order valence-corrected chi connectivity index (χ4v) is 2.00. The Balaban J connectivity index is 2.47. The van der Waals surface area contributed by atoms with Gasteiger partial charge in [-0.2, -0.15) is 5.10 Å². The average molecular weight is 230 g/mol.